The lowest BCUT2D eigenvalue weighted by atomic mass is 9.86. The Balaban J connectivity index is 2.12. The van der Waals surface area contributed by atoms with Crippen molar-refractivity contribution in [2.75, 3.05) is 4.90 Å². The maximum absolute atomic E-state index is 3.68. The van der Waals surface area contributed by atoms with E-state index in [1.807, 2.05) is 0 Å². The standard InChI is InChI=1S/C27H32BrN/c1-19-16-22(28)18-25(17-19)29(23-12-8-20(9-13-23)26(2,3)4)24-14-10-21(11-15-24)27(5,6)7/h8-18H,1-7H3. The second-order valence-electron chi connectivity index (χ2n) is 9.92. The van der Waals surface area contributed by atoms with Gasteiger partial charge in [0.25, 0.3) is 0 Å². The Bertz CT molecular complexity index is 893. The molecule has 0 aromatic heterocycles. The Labute approximate surface area is 184 Å². The molecule has 29 heavy (non-hydrogen) atoms. The van der Waals surface area contributed by atoms with Crippen molar-refractivity contribution in [2.24, 2.45) is 0 Å². The highest BCUT2D eigenvalue weighted by Crippen LogP contribution is 2.38. The molecule has 0 aliphatic heterocycles. The van der Waals surface area contributed by atoms with Crippen LogP contribution >= 0.6 is 15.9 Å². The van der Waals surface area contributed by atoms with E-state index in [1.165, 1.54) is 28.1 Å². The largest absolute Gasteiger partial charge is 0.310 e. The normalized spacial score (nSPS) is 12.1. The minimum absolute atomic E-state index is 0.143. The molecule has 0 amide bonds. The average Bonchev–Trinajstić information content (AvgIpc) is 2.60. The Hall–Kier alpha value is -2.06. The summed E-state index contributed by atoms with van der Waals surface area (Å²) in [6.07, 6.45) is 0. The van der Waals surface area contributed by atoms with Crippen molar-refractivity contribution in [2.45, 2.75) is 59.3 Å². The van der Waals surface area contributed by atoms with Crippen LogP contribution in [0.25, 0.3) is 0 Å². The predicted octanol–water partition coefficient (Wildman–Crippen LogP) is 8.82. The summed E-state index contributed by atoms with van der Waals surface area (Å²) in [6, 6.07) is 24.5. The summed E-state index contributed by atoms with van der Waals surface area (Å²) in [5, 5.41) is 0. The Morgan fingerprint density at radius 3 is 1.34 bits per heavy atom. The average molecular weight is 450 g/mol. The first-order valence-electron chi connectivity index (χ1n) is 10.2. The molecule has 0 saturated carbocycles. The van der Waals surface area contributed by atoms with Crippen molar-refractivity contribution >= 4 is 33.0 Å². The minimum atomic E-state index is 0.143. The highest BCUT2D eigenvalue weighted by Gasteiger charge is 2.18. The Kier molecular flexibility index (Phi) is 5.96. The third-order valence-electron chi connectivity index (χ3n) is 5.27. The first-order valence-corrected chi connectivity index (χ1v) is 11.0. The van der Waals surface area contributed by atoms with Crippen LogP contribution in [-0.2, 0) is 10.8 Å². The van der Waals surface area contributed by atoms with Gasteiger partial charge in [0.1, 0.15) is 0 Å². The third-order valence-corrected chi connectivity index (χ3v) is 5.73. The summed E-state index contributed by atoms with van der Waals surface area (Å²) in [6.45, 7) is 15.7. The summed E-state index contributed by atoms with van der Waals surface area (Å²) in [5.41, 5.74) is 7.69. The van der Waals surface area contributed by atoms with E-state index < -0.39 is 0 Å². The van der Waals surface area contributed by atoms with E-state index in [9.17, 15) is 0 Å². The summed E-state index contributed by atoms with van der Waals surface area (Å²) in [5.74, 6) is 0. The van der Waals surface area contributed by atoms with Crippen LogP contribution in [0, 0.1) is 6.92 Å². The quantitative estimate of drug-likeness (QED) is 0.385. The first kappa shape index (κ1) is 21.6. The molecule has 152 valence electrons. The molecule has 0 spiro atoms. The fraction of sp³-hybridized carbons (Fsp3) is 0.333. The van der Waals surface area contributed by atoms with E-state index in [4.69, 9.17) is 0 Å². The fourth-order valence-electron chi connectivity index (χ4n) is 3.51. The molecule has 0 bridgehead atoms. The SMILES string of the molecule is Cc1cc(Br)cc(N(c2ccc(C(C)(C)C)cc2)c2ccc(C(C)(C)C)cc2)c1. The van der Waals surface area contributed by atoms with Gasteiger partial charge in [-0.3, -0.25) is 0 Å². The molecule has 3 rings (SSSR count). The van der Waals surface area contributed by atoms with Crippen LogP contribution in [0.1, 0.15) is 58.2 Å². The number of nitrogens with zero attached hydrogens (tertiary/aromatic N) is 1. The van der Waals surface area contributed by atoms with Crippen LogP contribution in [0.3, 0.4) is 0 Å². The topological polar surface area (TPSA) is 3.24 Å². The minimum Gasteiger partial charge on any atom is -0.310 e. The summed E-state index contributed by atoms with van der Waals surface area (Å²) < 4.78 is 1.09. The number of hydrogen-bond donors (Lipinski definition) is 0. The van der Waals surface area contributed by atoms with Gasteiger partial charge >= 0.3 is 0 Å². The van der Waals surface area contributed by atoms with Crippen molar-refractivity contribution < 1.29 is 0 Å². The molecule has 3 aromatic rings. The summed E-state index contributed by atoms with van der Waals surface area (Å²) in [4.78, 5) is 2.33. The van der Waals surface area contributed by atoms with Crippen LogP contribution in [0.2, 0.25) is 0 Å². The van der Waals surface area contributed by atoms with E-state index in [0.717, 1.165) is 10.2 Å². The molecular weight excluding hydrogens is 418 g/mol. The van der Waals surface area contributed by atoms with Crippen LogP contribution in [-0.4, -0.2) is 0 Å². The lowest BCUT2D eigenvalue weighted by molar-refractivity contribution is 0.590. The third kappa shape index (κ3) is 5.11. The van der Waals surface area contributed by atoms with Crippen molar-refractivity contribution in [1.29, 1.82) is 0 Å². The molecule has 0 radical (unpaired) electrons. The van der Waals surface area contributed by atoms with E-state index in [-0.39, 0.29) is 10.8 Å². The van der Waals surface area contributed by atoms with Gasteiger partial charge in [-0.25, -0.2) is 0 Å². The molecule has 0 unspecified atom stereocenters. The fourth-order valence-corrected chi connectivity index (χ4v) is 4.11. The van der Waals surface area contributed by atoms with Gasteiger partial charge in [0.05, 0.1) is 0 Å². The van der Waals surface area contributed by atoms with E-state index >= 15 is 0 Å². The number of benzene rings is 3. The van der Waals surface area contributed by atoms with Gasteiger partial charge in [0, 0.05) is 21.5 Å². The second-order valence-corrected chi connectivity index (χ2v) is 10.8. The molecule has 0 N–H and O–H groups in total. The second kappa shape index (κ2) is 7.99. The van der Waals surface area contributed by atoms with E-state index in [2.05, 4.69) is 136 Å². The number of aryl methyl sites for hydroxylation is 1. The predicted molar refractivity (Wildman–Crippen MR) is 131 cm³/mol. The van der Waals surface area contributed by atoms with Gasteiger partial charge in [-0.15, -0.1) is 0 Å². The molecule has 0 aliphatic carbocycles. The van der Waals surface area contributed by atoms with Gasteiger partial charge in [0.15, 0.2) is 0 Å². The number of anilines is 3. The van der Waals surface area contributed by atoms with Gasteiger partial charge < -0.3 is 4.90 Å². The van der Waals surface area contributed by atoms with Crippen LogP contribution in [0.5, 0.6) is 0 Å². The molecule has 0 atom stereocenters. The van der Waals surface area contributed by atoms with E-state index in [0.29, 0.717) is 0 Å². The molecule has 0 fully saturated rings. The van der Waals surface area contributed by atoms with Gasteiger partial charge in [-0.05, 0) is 76.9 Å². The first-order chi connectivity index (χ1) is 13.4. The Morgan fingerprint density at radius 1 is 0.586 bits per heavy atom. The zero-order valence-corrected chi connectivity index (χ0v) is 20.3. The number of hydrogen-bond acceptors (Lipinski definition) is 1. The van der Waals surface area contributed by atoms with Crippen molar-refractivity contribution in [1.82, 2.24) is 0 Å². The molecule has 0 aliphatic rings. The lowest BCUT2D eigenvalue weighted by Crippen LogP contribution is -2.14. The molecular formula is C27H32BrN. The van der Waals surface area contributed by atoms with Gasteiger partial charge in [0.2, 0.25) is 0 Å². The zero-order chi connectivity index (χ0) is 21.4. The molecule has 1 nitrogen and oxygen atoms in total. The smallest absolute Gasteiger partial charge is 0.0475 e. The number of halogens is 1. The Morgan fingerprint density at radius 2 is 1.00 bits per heavy atom. The molecule has 0 heterocycles. The number of rotatable bonds is 3. The molecule has 0 saturated heterocycles. The van der Waals surface area contributed by atoms with Crippen LogP contribution in [0.4, 0.5) is 17.1 Å². The van der Waals surface area contributed by atoms with Crippen molar-refractivity contribution in [3.8, 4) is 0 Å². The summed E-state index contributed by atoms with van der Waals surface area (Å²) in [7, 11) is 0. The molecule has 2 heteroatoms. The van der Waals surface area contributed by atoms with Crippen LogP contribution in [0.15, 0.2) is 71.2 Å². The maximum atomic E-state index is 3.68. The molecule has 3 aromatic carbocycles. The van der Waals surface area contributed by atoms with Crippen LogP contribution < -0.4 is 4.90 Å². The van der Waals surface area contributed by atoms with Gasteiger partial charge in [-0.1, -0.05) is 81.7 Å². The van der Waals surface area contributed by atoms with Gasteiger partial charge in [-0.2, -0.15) is 0 Å². The van der Waals surface area contributed by atoms with E-state index in [1.54, 1.807) is 0 Å². The maximum Gasteiger partial charge on any atom is 0.0475 e. The van der Waals surface area contributed by atoms with Crippen molar-refractivity contribution in [3.63, 3.8) is 0 Å². The van der Waals surface area contributed by atoms with Crippen molar-refractivity contribution in [3.05, 3.63) is 87.9 Å². The monoisotopic (exact) mass is 449 g/mol. The highest BCUT2D eigenvalue weighted by atomic mass is 79.9. The lowest BCUT2D eigenvalue weighted by Gasteiger charge is -2.28. The zero-order valence-electron chi connectivity index (χ0n) is 18.7. The highest BCUT2D eigenvalue weighted by molar-refractivity contribution is 9.10. The summed E-state index contributed by atoms with van der Waals surface area (Å²) >= 11 is 3.68.